The van der Waals surface area contributed by atoms with Crippen LogP contribution in [0.3, 0.4) is 0 Å². The summed E-state index contributed by atoms with van der Waals surface area (Å²) in [4.78, 5) is 15.0. The first-order valence-electron chi connectivity index (χ1n) is 3.74. The summed E-state index contributed by atoms with van der Waals surface area (Å²) in [6.45, 7) is -3.43. The molecule has 0 amide bonds. The smallest absolute Gasteiger partial charge is 0.448 e. The van der Waals surface area contributed by atoms with Crippen molar-refractivity contribution in [3.05, 3.63) is 25.9 Å². The van der Waals surface area contributed by atoms with Crippen LogP contribution in [0.5, 0.6) is 0 Å². The van der Waals surface area contributed by atoms with Gasteiger partial charge in [0.05, 0.1) is 15.6 Å². The van der Waals surface area contributed by atoms with Crippen LogP contribution in [0.2, 0.25) is 0 Å². The first kappa shape index (κ1) is 16.1. The molecule has 0 radical (unpaired) electrons. The average molecular weight is 356 g/mol. The van der Waals surface area contributed by atoms with Gasteiger partial charge in [-0.2, -0.15) is 0 Å². The van der Waals surface area contributed by atoms with Gasteiger partial charge in [-0.15, -0.1) is 0 Å². The van der Waals surface area contributed by atoms with E-state index < -0.39 is 19.0 Å². The van der Waals surface area contributed by atoms with Crippen molar-refractivity contribution in [2.45, 2.75) is 13.4 Å². The van der Waals surface area contributed by atoms with Gasteiger partial charge in [0, 0.05) is 0 Å². The first-order chi connectivity index (χ1) is 6.31. The SMILES string of the molecule is Cc1ncn(C[B-](F)(F)F)c(=O)c1I.[K+]. The largest absolute Gasteiger partial charge is 1.00 e. The third-order valence-electron chi connectivity index (χ3n) is 1.56. The van der Waals surface area contributed by atoms with Crippen LogP contribution in [0.25, 0.3) is 0 Å². The predicted octanol–water partition coefficient (Wildman–Crippen LogP) is -1.45. The molecule has 3 nitrogen and oxygen atoms in total. The second kappa shape index (κ2) is 6.15. The molecule has 1 rings (SSSR count). The zero-order valence-electron chi connectivity index (χ0n) is 8.18. The number of halogens is 4. The van der Waals surface area contributed by atoms with E-state index in [-0.39, 0.29) is 55.0 Å². The monoisotopic (exact) mass is 356 g/mol. The minimum atomic E-state index is -5.01. The van der Waals surface area contributed by atoms with Gasteiger partial charge in [-0.25, -0.2) is 4.98 Å². The molecular weight excluding hydrogens is 350 g/mol. The zero-order valence-corrected chi connectivity index (χ0v) is 13.5. The minimum absolute atomic E-state index is 0. The minimum Gasteiger partial charge on any atom is -0.448 e. The predicted molar refractivity (Wildman–Crippen MR) is 55.0 cm³/mol. The van der Waals surface area contributed by atoms with Crippen molar-refractivity contribution in [1.29, 1.82) is 0 Å². The Kier molecular flexibility index (Phi) is 6.60. The van der Waals surface area contributed by atoms with Crippen molar-refractivity contribution < 1.29 is 64.3 Å². The van der Waals surface area contributed by atoms with Gasteiger partial charge in [0.15, 0.2) is 0 Å². The van der Waals surface area contributed by atoms with Crippen molar-refractivity contribution in [3.8, 4) is 0 Å². The van der Waals surface area contributed by atoms with Crippen LogP contribution < -0.4 is 56.9 Å². The van der Waals surface area contributed by atoms with Gasteiger partial charge in [-0.3, -0.25) is 4.79 Å². The summed E-state index contributed by atoms with van der Waals surface area (Å²) in [7, 11) is 0. The van der Waals surface area contributed by atoms with Crippen LogP contribution in [0.1, 0.15) is 5.69 Å². The summed E-state index contributed by atoms with van der Waals surface area (Å²) >= 11 is 1.69. The van der Waals surface area contributed by atoms with Crippen molar-refractivity contribution >= 4 is 29.6 Å². The number of nitrogens with zero attached hydrogens (tertiary/aromatic N) is 2. The molecule has 1 heterocycles. The molecule has 0 aliphatic heterocycles. The molecule has 78 valence electrons. The van der Waals surface area contributed by atoms with Gasteiger partial charge < -0.3 is 17.5 Å². The van der Waals surface area contributed by atoms with E-state index in [0.29, 0.717) is 10.3 Å². The Morgan fingerprint density at radius 3 is 2.53 bits per heavy atom. The Morgan fingerprint density at radius 1 is 1.53 bits per heavy atom. The number of rotatable bonds is 2. The van der Waals surface area contributed by atoms with Crippen LogP contribution in [0.15, 0.2) is 11.1 Å². The Balaban J connectivity index is 0.00000196. The van der Waals surface area contributed by atoms with E-state index in [1.807, 2.05) is 0 Å². The van der Waals surface area contributed by atoms with E-state index in [1.54, 1.807) is 29.5 Å². The summed E-state index contributed by atoms with van der Waals surface area (Å²) in [5, 5.41) is 0. The molecule has 0 saturated carbocycles. The fourth-order valence-corrected chi connectivity index (χ4v) is 1.35. The van der Waals surface area contributed by atoms with Gasteiger partial charge in [0.1, 0.15) is 0 Å². The maximum Gasteiger partial charge on any atom is 1.00 e. The molecule has 0 aliphatic rings. The van der Waals surface area contributed by atoms with Crippen molar-refractivity contribution in [3.63, 3.8) is 0 Å². The van der Waals surface area contributed by atoms with Crippen LogP contribution in [0.4, 0.5) is 12.9 Å². The Hall–Kier alpha value is 1.10. The third-order valence-corrected chi connectivity index (χ3v) is 2.80. The first-order valence-corrected chi connectivity index (χ1v) is 4.81. The van der Waals surface area contributed by atoms with E-state index in [1.165, 1.54) is 0 Å². The Morgan fingerprint density at radius 2 is 2.07 bits per heavy atom. The molecule has 0 atom stereocenters. The molecule has 15 heavy (non-hydrogen) atoms. The summed E-state index contributed by atoms with van der Waals surface area (Å²) in [6, 6.07) is 0. The van der Waals surface area contributed by atoms with E-state index in [2.05, 4.69) is 4.98 Å². The fourth-order valence-electron chi connectivity index (χ4n) is 0.899. The number of hydrogen-bond acceptors (Lipinski definition) is 2. The third kappa shape index (κ3) is 4.86. The van der Waals surface area contributed by atoms with E-state index >= 15 is 0 Å². The van der Waals surface area contributed by atoms with Crippen LogP contribution in [-0.2, 0) is 6.44 Å². The second-order valence-corrected chi connectivity index (χ2v) is 3.89. The van der Waals surface area contributed by atoms with Crippen molar-refractivity contribution in [1.82, 2.24) is 9.55 Å². The quantitative estimate of drug-likeness (QED) is 0.480. The summed E-state index contributed by atoms with van der Waals surface area (Å²) in [5.41, 5.74) is -0.196. The molecular formula is C6H6BF3IKN2O. The van der Waals surface area contributed by atoms with E-state index in [0.717, 1.165) is 6.33 Å². The molecule has 1 aromatic heterocycles. The second-order valence-electron chi connectivity index (χ2n) is 2.81. The van der Waals surface area contributed by atoms with Gasteiger partial charge in [0.25, 0.3) is 5.56 Å². The summed E-state index contributed by atoms with van der Waals surface area (Å²) < 4.78 is 36.9. The topological polar surface area (TPSA) is 34.9 Å². The Bertz CT molecular complexity index is 408. The Labute approximate surface area is 140 Å². The van der Waals surface area contributed by atoms with Crippen LogP contribution in [0, 0.1) is 10.5 Å². The van der Waals surface area contributed by atoms with Gasteiger partial charge in [0.2, 0.25) is 0 Å². The molecule has 0 saturated heterocycles. The summed E-state index contributed by atoms with van der Waals surface area (Å²) in [5.74, 6) is 0. The number of aryl methyl sites for hydroxylation is 1. The van der Waals surface area contributed by atoms with Gasteiger partial charge in [-0.1, -0.05) is 0 Å². The molecule has 0 N–H and O–H groups in total. The van der Waals surface area contributed by atoms with Crippen molar-refractivity contribution in [2.24, 2.45) is 0 Å². The molecule has 9 heteroatoms. The van der Waals surface area contributed by atoms with Crippen molar-refractivity contribution in [2.75, 3.05) is 0 Å². The molecule has 0 bridgehead atoms. The molecule has 0 fully saturated rings. The van der Waals surface area contributed by atoms with Crippen LogP contribution in [-0.4, -0.2) is 16.5 Å². The maximum atomic E-state index is 12.0. The maximum absolute atomic E-state index is 12.0. The van der Waals surface area contributed by atoms with Gasteiger partial charge in [-0.05, 0) is 36.0 Å². The zero-order chi connectivity index (χ0) is 10.9. The summed E-state index contributed by atoms with van der Waals surface area (Å²) in [6.07, 6.45) is -0.308. The standard InChI is InChI=1S/C6H6BF3IN2O.K/c1-4-5(11)6(14)13(3-12-4)2-7(8,9)10;/h3H,2H2,1H3;/q-1;+1. The average Bonchev–Trinajstić information content (AvgIpc) is 2.04. The molecule has 1 aromatic rings. The molecule has 0 aromatic carbocycles. The van der Waals surface area contributed by atoms with Crippen LogP contribution >= 0.6 is 22.6 Å². The number of hydrogen-bond donors (Lipinski definition) is 0. The van der Waals surface area contributed by atoms with E-state index in [4.69, 9.17) is 0 Å². The fraction of sp³-hybridized carbons (Fsp3) is 0.333. The molecule has 0 aliphatic carbocycles. The normalized spacial score (nSPS) is 11.0. The molecule has 0 spiro atoms. The van der Waals surface area contributed by atoms with E-state index in [9.17, 15) is 17.7 Å². The number of aromatic nitrogens is 2. The molecule has 0 unspecified atom stereocenters. The van der Waals surface area contributed by atoms with Gasteiger partial charge >= 0.3 is 58.4 Å².